The van der Waals surface area contributed by atoms with Crippen molar-refractivity contribution < 1.29 is 18.3 Å². The zero-order chi connectivity index (χ0) is 14.1. The molecule has 2 rings (SSSR count). The van der Waals surface area contributed by atoms with Crippen molar-refractivity contribution in [3.63, 3.8) is 0 Å². The number of rotatable bonds is 3. The Balaban J connectivity index is 2.59. The molecule has 0 spiro atoms. The summed E-state index contributed by atoms with van der Waals surface area (Å²) in [5.74, 6) is 0. The smallest absolute Gasteiger partial charge is 0.371 e. The Morgan fingerprint density at radius 3 is 2.16 bits per heavy atom. The monoisotopic (exact) mass is 269 g/mol. The molecule has 102 valence electrons. The van der Waals surface area contributed by atoms with E-state index in [0.29, 0.717) is 12.1 Å². The molecule has 0 aliphatic heterocycles. The van der Waals surface area contributed by atoms with Crippen molar-refractivity contribution in [2.24, 2.45) is 0 Å². The third kappa shape index (κ3) is 2.26. The van der Waals surface area contributed by atoms with Gasteiger partial charge in [-0.25, -0.2) is 0 Å². The van der Waals surface area contributed by atoms with Gasteiger partial charge in [-0.05, 0) is 24.1 Å². The molecule has 1 heterocycles. The molecule has 19 heavy (non-hydrogen) atoms. The minimum absolute atomic E-state index is 0.202. The fraction of sp³-hybridized carbons (Fsp3) is 0.286. The van der Waals surface area contributed by atoms with E-state index in [1.165, 1.54) is 30.3 Å². The minimum Gasteiger partial charge on any atom is -0.371 e. The summed E-state index contributed by atoms with van der Waals surface area (Å²) in [4.78, 5) is 2.64. The molecule has 2 aromatic rings. The number of hydrogen-bond acceptors (Lipinski definition) is 1. The number of H-pyrrole nitrogens is 1. The molecule has 2 nitrogen and oxygen atoms in total. The molecule has 5 heteroatoms. The summed E-state index contributed by atoms with van der Waals surface area (Å²) in [6, 6.07) is 9.89. The van der Waals surface area contributed by atoms with E-state index in [4.69, 9.17) is 0 Å². The molecule has 0 aliphatic carbocycles. The van der Waals surface area contributed by atoms with E-state index in [1.807, 2.05) is 6.92 Å². The molecule has 1 aromatic carbocycles. The zero-order valence-electron chi connectivity index (χ0n) is 10.3. The summed E-state index contributed by atoms with van der Waals surface area (Å²) in [7, 11) is 0. The van der Waals surface area contributed by atoms with Crippen LogP contribution in [-0.2, 0) is 12.0 Å². The van der Waals surface area contributed by atoms with Crippen molar-refractivity contribution in [3.05, 3.63) is 59.4 Å². The van der Waals surface area contributed by atoms with E-state index in [9.17, 15) is 18.3 Å². The topological polar surface area (TPSA) is 36.0 Å². The number of aryl methyl sites for hydroxylation is 1. The highest BCUT2D eigenvalue weighted by atomic mass is 19.4. The Labute approximate surface area is 108 Å². The lowest BCUT2D eigenvalue weighted by Crippen LogP contribution is -2.43. The van der Waals surface area contributed by atoms with Crippen LogP contribution in [0.5, 0.6) is 0 Å². The van der Waals surface area contributed by atoms with Crippen LogP contribution in [0.3, 0.4) is 0 Å². The van der Waals surface area contributed by atoms with Crippen molar-refractivity contribution in [1.29, 1.82) is 0 Å². The largest absolute Gasteiger partial charge is 0.427 e. The zero-order valence-corrected chi connectivity index (χ0v) is 10.3. The van der Waals surface area contributed by atoms with Gasteiger partial charge in [0.15, 0.2) is 0 Å². The second-order valence-corrected chi connectivity index (χ2v) is 4.32. The van der Waals surface area contributed by atoms with Gasteiger partial charge in [0.05, 0.1) is 5.69 Å². The Hall–Kier alpha value is -1.75. The predicted molar refractivity (Wildman–Crippen MR) is 65.7 cm³/mol. The summed E-state index contributed by atoms with van der Waals surface area (Å²) >= 11 is 0. The number of benzene rings is 1. The maximum atomic E-state index is 13.3. The minimum atomic E-state index is -4.80. The molecule has 1 aromatic heterocycles. The Morgan fingerprint density at radius 1 is 1.05 bits per heavy atom. The van der Waals surface area contributed by atoms with Crippen LogP contribution in [0.15, 0.2) is 42.5 Å². The third-order valence-electron chi connectivity index (χ3n) is 3.12. The highest BCUT2D eigenvalue weighted by molar-refractivity contribution is 5.35. The highest BCUT2D eigenvalue weighted by Crippen LogP contribution is 2.43. The van der Waals surface area contributed by atoms with Crippen molar-refractivity contribution in [2.75, 3.05) is 0 Å². The lowest BCUT2D eigenvalue weighted by molar-refractivity contribution is -0.249. The third-order valence-corrected chi connectivity index (χ3v) is 3.12. The standard InChI is InChI=1S/C14H14F3NO/c1-2-11-8-9-12(18-11)13(19,14(15,16)17)10-6-4-3-5-7-10/h3-9,18-19H,2H2,1H3/t13-/m1/s1. The van der Waals surface area contributed by atoms with E-state index in [0.717, 1.165) is 0 Å². The van der Waals surface area contributed by atoms with Gasteiger partial charge in [-0.3, -0.25) is 0 Å². The summed E-state index contributed by atoms with van der Waals surface area (Å²) in [6.45, 7) is 1.82. The van der Waals surface area contributed by atoms with Gasteiger partial charge in [-0.15, -0.1) is 0 Å². The number of halogens is 3. The average Bonchev–Trinajstić information content (AvgIpc) is 2.86. The van der Waals surface area contributed by atoms with Gasteiger partial charge in [-0.2, -0.15) is 13.2 Å². The first kappa shape index (κ1) is 13.7. The lowest BCUT2D eigenvalue weighted by Gasteiger charge is -2.30. The van der Waals surface area contributed by atoms with Crippen molar-refractivity contribution in [2.45, 2.75) is 25.1 Å². The van der Waals surface area contributed by atoms with Crippen LogP contribution in [0.25, 0.3) is 0 Å². The number of alkyl halides is 3. The predicted octanol–water partition coefficient (Wildman–Crippen LogP) is 3.38. The van der Waals surface area contributed by atoms with Gasteiger partial charge in [0.1, 0.15) is 0 Å². The average molecular weight is 269 g/mol. The maximum absolute atomic E-state index is 13.3. The first-order valence-corrected chi connectivity index (χ1v) is 5.92. The van der Waals surface area contributed by atoms with Crippen LogP contribution < -0.4 is 0 Å². The summed E-state index contributed by atoms with van der Waals surface area (Å²) in [5, 5.41) is 10.2. The Morgan fingerprint density at radius 2 is 1.68 bits per heavy atom. The fourth-order valence-electron chi connectivity index (χ4n) is 2.01. The van der Waals surface area contributed by atoms with E-state index >= 15 is 0 Å². The molecule has 0 bridgehead atoms. The molecule has 0 aliphatic rings. The van der Waals surface area contributed by atoms with E-state index in [1.54, 1.807) is 12.1 Å². The molecule has 2 N–H and O–H groups in total. The molecule has 0 saturated heterocycles. The molecule has 1 atom stereocenters. The number of aromatic nitrogens is 1. The SMILES string of the molecule is CCc1ccc([C@](O)(c2ccccc2)C(F)(F)F)[nH]1. The summed E-state index contributed by atoms with van der Waals surface area (Å²) in [6.07, 6.45) is -4.23. The molecule has 0 fully saturated rings. The van der Waals surface area contributed by atoms with Crippen LogP contribution in [-0.4, -0.2) is 16.3 Å². The van der Waals surface area contributed by atoms with E-state index in [2.05, 4.69) is 4.98 Å². The van der Waals surface area contributed by atoms with Crippen molar-refractivity contribution in [1.82, 2.24) is 4.98 Å². The molecule has 0 saturated carbocycles. The van der Waals surface area contributed by atoms with Crippen molar-refractivity contribution >= 4 is 0 Å². The van der Waals surface area contributed by atoms with Crippen LogP contribution in [0.1, 0.15) is 23.9 Å². The molecular formula is C14H14F3NO. The van der Waals surface area contributed by atoms with Gasteiger partial charge in [0.2, 0.25) is 5.60 Å². The van der Waals surface area contributed by atoms with Crippen molar-refractivity contribution in [3.8, 4) is 0 Å². The van der Waals surface area contributed by atoms with Crippen LogP contribution in [0.4, 0.5) is 13.2 Å². The van der Waals surface area contributed by atoms with Gasteiger partial charge in [0, 0.05) is 5.69 Å². The number of hydrogen-bond donors (Lipinski definition) is 2. The molecule has 0 radical (unpaired) electrons. The second kappa shape index (κ2) is 4.74. The van der Waals surface area contributed by atoms with E-state index < -0.39 is 11.8 Å². The fourth-order valence-corrected chi connectivity index (χ4v) is 2.01. The van der Waals surface area contributed by atoms with Gasteiger partial charge >= 0.3 is 6.18 Å². The van der Waals surface area contributed by atoms with E-state index in [-0.39, 0.29) is 11.3 Å². The van der Waals surface area contributed by atoms with Crippen LogP contribution in [0, 0.1) is 0 Å². The normalized spacial score (nSPS) is 15.2. The Kier molecular flexibility index (Phi) is 3.41. The summed E-state index contributed by atoms with van der Waals surface area (Å²) < 4.78 is 40.0. The lowest BCUT2D eigenvalue weighted by atomic mass is 9.90. The van der Waals surface area contributed by atoms with Gasteiger partial charge in [-0.1, -0.05) is 37.3 Å². The van der Waals surface area contributed by atoms with Gasteiger partial charge < -0.3 is 10.1 Å². The Bertz CT molecular complexity index is 547. The van der Waals surface area contributed by atoms with Gasteiger partial charge in [0.25, 0.3) is 0 Å². The molecule has 0 unspecified atom stereocenters. The first-order valence-electron chi connectivity index (χ1n) is 5.92. The van der Waals surface area contributed by atoms with Crippen LogP contribution in [0.2, 0.25) is 0 Å². The first-order chi connectivity index (χ1) is 8.89. The summed E-state index contributed by atoms with van der Waals surface area (Å²) in [5.41, 5.74) is -2.83. The second-order valence-electron chi connectivity index (χ2n) is 4.32. The number of nitrogens with one attached hydrogen (secondary N) is 1. The number of aliphatic hydroxyl groups is 1. The molecular weight excluding hydrogens is 255 g/mol. The highest BCUT2D eigenvalue weighted by Gasteiger charge is 2.57. The van der Waals surface area contributed by atoms with Crippen LogP contribution >= 0.6 is 0 Å². The maximum Gasteiger partial charge on any atom is 0.427 e. The number of aromatic amines is 1. The molecule has 0 amide bonds. The quantitative estimate of drug-likeness (QED) is 0.880.